The summed E-state index contributed by atoms with van der Waals surface area (Å²) in [6, 6.07) is 3.37. The molecule has 1 aliphatic rings. The first-order valence-corrected chi connectivity index (χ1v) is 6.42. The van der Waals surface area contributed by atoms with Crippen LogP contribution in [0.2, 0.25) is 5.02 Å². The van der Waals surface area contributed by atoms with Crippen molar-refractivity contribution >= 4 is 17.3 Å². The number of rotatable bonds is 2. The van der Waals surface area contributed by atoms with Crippen LogP contribution < -0.4 is 4.90 Å². The predicted octanol–water partition coefficient (Wildman–Crippen LogP) is 2.93. The Kier molecular flexibility index (Phi) is 3.89. The number of hydrogen-bond donors (Lipinski definition) is 0. The topological polar surface area (TPSA) is 6.48 Å². The fraction of sp³-hybridized carbons (Fsp3) is 0.538. The van der Waals surface area contributed by atoms with Gasteiger partial charge in [-0.15, -0.1) is 0 Å². The van der Waals surface area contributed by atoms with Crippen molar-refractivity contribution in [2.75, 3.05) is 37.6 Å². The third-order valence-electron chi connectivity index (χ3n) is 3.30. The summed E-state index contributed by atoms with van der Waals surface area (Å²) >= 11 is 6.14. The highest BCUT2D eigenvalue weighted by Crippen LogP contribution is 2.30. The third kappa shape index (κ3) is 2.72. The van der Waals surface area contributed by atoms with Crippen LogP contribution in [-0.2, 0) is 0 Å². The van der Waals surface area contributed by atoms with Gasteiger partial charge in [-0.25, -0.2) is 4.39 Å². The van der Waals surface area contributed by atoms with Crippen LogP contribution in [0.5, 0.6) is 0 Å². The smallest absolute Gasteiger partial charge is 0.148 e. The van der Waals surface area contributed by atoms with Crippen LogP contribution in [0.3, 0.4) is 0 Å². The maximum absolute atomic E-state index is 13.9. The lowest BCUT2D eigenvalue weighted by Crippen LogP contribution is -2.46. The van der Waals surface area contributed by atoms with Crippen molar-refractivity contribution in [2.45, 2.75) is 13.8 Å². The minimum Gasteiger partial charge on any atom is -0.365 e. The van der Waals surface area contributed by atoms with E-state index in [1.807, 2.05) is 17.9 Å². The first-order chi connectivity index (χ1) is 8.11. The first kappa shape index (κ1) is 12.7. The first-order valence-electron chi connectivity index (χ1n) is 6.04. The Balaban J connectivity index is 2.18. The highest BCUT2D eigenvalue weighted by Gasteiger charge is 2.20. The molecule has 1 aliphatic heterocycles. The largest absolute Gasteiger partial charge is 0.365 e. The summed E-state index contributed by atoms with van der Waals surface area (Å²) in [5.74, 6) is -0.208. The number of piperazine rings is 1. The standard InChI is InChI=1S/C13H18ClFN2/c1-3-16-4-6-17(7-5-16)13-11(14)8-10(2)9-12(13)15/h8-9H,3-7H2,1-2H3. The van der Waals surface area contributed by atoms with Crippen LogP contribution in [0.25, 0.3) is 0 Å². The summed E-state index contributed by atoms with van der Waals surface area (Å²) in [7, 11) is 0. The van der Waals surface area contributed by atoms with Crippen molar-refractivity contribution < 1.29 is 4.39 Å². The Hall–Kier alpha value is -0.800. The molecule has 0 amide bonds. The number of likely N-dealkylation sites (N-methyl/N-ethyl adjacent to an activating group) is 1. The van der Waals surface area contributed by atoms with E-state index in [0.717, 1.165) is 38.3 Å². The van der Waals surface area contributed by atoms with Crippen molar-refractivity contribution in [3.63, 3.8) is 0 Å². The van der Waals surface area contributed by atoms with Crippen LogP contribution in [-0.4, -0.2) is 37.6 Å². The number of anilines is 1. The fourth-order valence-electron chi connectivity index (χ4n) is 2.28. The SMILES string of the molecule is CCN1CCN(c2c(F)cc(C)cc2Cl)CC1. The molecule has 0 spiro atoms. The number of hydrogen-bond acceptors (Lipinski definition) is 2. The molecule has 0 unspecified atom stereocenters. The van der Waals surface area contributed by atoms with E-state index in [-0.39, 0.29) is 5.82 Å². The van der Waals surface area contributed by atoms with E-state index in [9.17, 15) is 4.39 Å². The van der Waals surface area contributed by atoms with Crippen LogP contribution >= 0.6 is 11.6 Å². The molecular weight excluding hydrogens is 239 g/mol. The molecule has 0 N–H and O–H groups in total. The third-order valence-corrected chi connectivity index (χ3v) is 3.59. The predicted molar refractivity (Wildman–Crippen MR) is 70.5 cm³/mol. The average molecular weight is 257 g/mol. The molecule has 2 nitrogen and oxygen atoms in total. The summed E-state index contributed by atoms with van der Waals surface area (Å²) in [4.78, 5) is 4.40. The molecule has 0 radical (unpaired) electrons. The second kappa shape index (κ2) is 5.23. The molecule has 4 heteroatoms. The number of aryl methyl sites for hydroxylation is 1. The van der Waals surface area contributed by atoms with E-state index >= 15 is 0 Å². The summed E-state index contributed by atoms with van der Waals surface area (Å²) in [5, 5.41) is 0.521. The van der Waals surface area contributed by atoms with E-state index in [1.54, 1.807) is 6.07 Å². The Bertz CT molecular complexity index is 377. The van der Waals surface area contributed by atoms with Crippen molar-refractivity contribution in [1.82, 2.24) is 4.90 Å². The Morgan fingerprint density at radius 1 is 1.24 bits per heavy atom. The van der Waals surface area contributed by atoms with Crippen LogP contribution in [0.1, 0.15) is 12.5 Å². The maximum Gasteiger partial charge on any atom is 0.148 e. The van der Waals surface area contributed by atoms with Crippen LogP contribution in [0, 0.1) is 12.7 Å². The van der Waals surface area contributed by atoms with E-state index in [0.29, 0.717) is 10.7 Å². The van der Waals surface area contributed by atoms with Gasteiger partial charge in [0.25, 0.3) is 0 Å². The molecule has 17 heavy (non-hydrogen) atoms. The van der Waals surface area contributed by atoms with Crippen LogP contribution in [0.4, 0.5) is 10.1 Å². The second-order valence-corrected chi connectivity index (χ2v) is 4.91. The minimum absolute atomic E-state index is 0.208. The van der Waals surface area contributed by atoms with E-state index in [2.05, 4.69) is 11.8 Å². The fourth-order valence-corrected chi connectivity index (χ4v) is 2.66. The lowest BCUT2D eigenvalue weighted by atomic mass is 10.2. The molecule has 0 aliphatic carbocycles. The van der Waals surface area contributed by atoms with Gasteiger partial charge in [-0.05, 0) is 31.2 Å². The lowest BCUT2D eigenvalue weighted by Gasteiger charge is -2.36. The molecule has 1 aromatic carbocycles. The zero-order valence-corrected chi connectivity index (χ0v) is 11.1. The molecule has 2 rings (SSSR count). The van der Waals surface area contributed by atoms with Crippen molar-refractivity contribution in [3.05, 3.63) is 28.5 Å². The zero-order chi connectivity index (χ0) is 12.4. The monoisotopic (exact) mass is 256 g/mol. The summed E-state index contributed by atoms with van der Waals surface area (Å²) in [5.41, 5.74) is 1.43. The molecule has 94 valence electrons. The molecule has 1 saturated heterocycles. The van der Waals surface area contributed by atoms with E-state index in [4.69, 9.17) is 11.6 Å². The van der Waals surface area contributed by atoms with Crippen molar-refractivity contribution in [2.24, 2.45) is 0 Å². The lowest BCUT2D eigenvalue weighted by molar-refractivity contribution is 0.270. The van der Waals surface area contributed by atoms with Gasteiger partial charge in [0.2, 0.25) is 0 Å². The van der Waals surface area contributed by atoms with Gasteiger partial charge in [0.15, 0.2) is 0 Å². The van der Waals surface area contributed by atoms with Gasteiger partial charge in [-0.3, -0.25) is 0 Å². The normalized spacial score (nSPS) is 17.5. The number of benzene rings is 1. The van der Waals surface area contributed by atoms with Crippen molar-refractivity contribution in [3.8, 4) is 0 Å². The molecule has 1 aromatic rings. The van der Waals surface area contributed by atoms with Crippen molar-refractivity contribution in [1.29, 1.82) is 0 Å². The average Bonchev–Trinajstić information content (AvgIpc) is 2.28. The minimum atomic E-state index is -0.208. The van der Waals surface area contributed by atoms with Gasteiger partial charge < -0.3 is 9.80 Å². The number of nitrogens with zero attached hydrogens (tertiary/aromatic N) is 2. The Morgan fingerprint density at radius 2 is 1.88 bits per heavy atom. The van der Waals surface area contributed by atoms with E-state index in [1.165, 1.54) is 0 Å². The Morgan fingerprint density at radius 3 is 2.41 bits per heavy atom. The molecular formula is C13H18ClFN2. The molecule has 1 fully saturated rings. The summed E-state index contributed by atoms with van der Waals surface area (Å²) in [6.45, 7) is 8.68. The number of halogens is 2. The van der Waals surface area contributed by atoms with Gasteiger partial charge >= 0.3 is 0 Å². The molecule has 1 heterocycles. The highest BCUT2D eigenvalue weighted by molar-refractivity contribution is 6.33. The van der Waals surface area contributed by atoms with Gasteiger partial charge in [0.1, 0.15) is 5.82 Å². The molecule has 0 bridgehead atoms. The van der Waals surface area contributed by atoms with Gasteiger partial charge in [0.05, 0.1) is 10.7 Å². The summed E-state index contributed by atoms with van der Waals surface area (Å²) < 4.78 is 13.9. The van der Waals surface area contributed by atoms with Gasteiger partial charge in [0, 0.05) is 26.2 Å². The molecule has 0 saturated carbocycles. The summed E-state index contributed by atoms with van der Waals surface area (Å²) in [6.07, 6.45) is 0. The van der Waals surface area contributed by atoms with Crippen LogP contribution in [0.15, 0.2) is 12.1 Å². The zero-order valence-electron chi connectivity index (χ0n) is 10.3. The highest BCUT2D eigenvalue weighted by atomic mass is 35.5. The van der Waals surface area contributed by atoms with Gasteiger partial charge in [-0.1, -0.05) is 18.5 Å². The quantitative estimate of drug-likeness (QED) is 0.803. The molecule has 0 atom stereocenters. The Labute approximate surface area is 107 Å². The maximum atomic E-state index is 13.9. The molecule has 0 aromatic heterocycles. The second-order valence-electron chi connectivity index (χ2n) is 4.50. The van der Waals surface area contributed by atoms with Gasteiger partial charge in [-0.2, -0.15) is 0 Å². The van der Waals surface area contributed by atoms with E-state index < -0.39 is 0 Å².